The summed E-state index contributed by atoms with van der Waals surface area (Å²) in [5, 5.41) is 3.63. The zero-order valence-electron chi connectivity index (χ0n) is 15.8. The summed E-state index contributed by atoms with van der Waals surface area (Å²) in [6, 6.07) is 2.99. The third-order valence-electron chi connectivity index (χ3n) is 5.15. The van der Waals surface area contributed by atoms with Gasteiger partial charge in [-0.15, -0.1) is 5.10 Å². The number of rotatable bonds is 4. The van der Waals surface area contributed by atoms with Gasteiger partial charge in [0.2, 0.25) is 5.95 Å². The second-order valence-corrected chi connectivity index (χ2v) is 7.85. The third kappa shape index (κ3) is 3.62. The average Bonchev–Trinajstić information content (AvgIpc) is 2.97. The highest BCUT2D eigenvalue weighted by molar-refractivity contribution is 6.62. The van der Waals surface area contributed by atoms with Gasteiger partial charge in [-0.25, -0.2) is 13.2 Å². The molecule has 2 aromatic rings. The highest BCUT2D eigenvalue weighted by atomic mass is 19.3. The van der Waals surface area contributed by atoms with Crippen molar-refractivity contribution >= 4 is 12.6 Å². The minimum atomic E-state index is -3.27. The molecule has 1 aromatic carbocycles. The Morgan fingerprint density at radius 2 is 1.56 bits per heavy atom. The first-order valence-corrected chi connectivity index (χ1v) is 8.55. The third-order valence-corrected chi connectivity index (χ3v) is 5.15. The first-order valence-electron chi connectivity index (χ1n) is 8.55. The smallest absolute Gasteiger partial charge is 0.399 e. The van der Waals surface area contributed by atoms with Crippen LogP contribution >= 0.6 is 0 Å². The number of aromatic nitrogens is 2. The van der Waals surface area contributed by atoms with Crippen LogP contribution in [0.5, 0.6) is 0 Å². The van der Waals surface area contributed by atoms with Crippen molar-refractivity contribution in [2.75, 3.05) is 0 Å². The lowest BCUT2D eigenvalue weighted by Gasteiger charge is -2.32. The summed E-state index contributed by atoms with van der Waals surface area (Å²) in [5.41, 5.74) is -1.38. The van der Waals surface area contributed by atoms with Crippen molar-refractivity contribution in [2.45, 2.75) is 57.8 Å². The number of nitrogens with zero attached hydrogens (tertiary/aromatic N) is 2. The van der Waals surface area contributed by atoms with Crippen LogP contribution in [0.25, 0.3) is 0 Å². The zero-order chi connectivity index (χ0) is 20.2. The molecule has 1 saturated heterocycles. The Morgan fingerprint density at radius 1 is 1.04 bits per heavy atom. The van der Waals surface area contributed by atoms with E-state index in [4.69, 9.17) is 9.31 Å². The first-order chi connectivity index (χ1) is 12.3. The zero-order valence-corrected chi connectivity index (χ0v) is 15.8. The SMILES string of the molecule is CC(F)(F)C(c1ccc(F)cc1)n1cc(B2OC(C)(C)C(C)(C)O2)c(F)n1. The van der Waals surface area contributed by atoms with Crippen molar-refractivity contribution < 1.29 is 26.9 Å². The van der Waals surface area contributed by atoms with Gasteiger partial charge in [-0.1, -0.05) is 12.1 Å². The Kier molecular flexibility index (Phi) is 4.67. The molecule has 2 heterocycles. The molecule has 1 aromatic heterocycles. The average molecular weight is 384 g/mol. The van der Waals surface area contributed by atoms with Crippen LogP contribution < -0.4 is 5.46 Å². The molecule has 1 fully saturated rings. The quantitative estimate of drug-likeness (QED) is 0.596. The monoisotopic (exact) mass is 384 g/mol. The van der Waals surface area contributed by atoms with Crippen LogP contribution in [0, 0.1) is 11.8 Å². The van der Waals surface area contributed by atoms with Crippen molar-refractivity contribution in [3.8, 4) is 0 Å². The molecule has 27 heavy (non-hydrogen) atoms. The van der Waals surface area contributed by atoms with Crippen LogP contribution in [-0.4, -0.2) is 34.0 Å². The lowest BCUT2D eigenvalue weighted by molar-refractivity contribution is -0.0221. The van der Waals surface area contributed by atoms with Crippen LogP contribution in [0.3, 0.4) is 0 Å². The molecule has 0 saturated carbocycles. The van der Waals surface area contributed by atoms with Gasteiger partial charge in [0.05, 0.1) is 16.7 Å². The molecule has 1 aliphatic heterocycles. The topological polar surface area (TPSA) is 36.3 Å². The molecule has 4 nitrogen and oxygen atoms in total. The summed E-state index contributed by atoms with van der Waals surface area (Å²) < 4.78 is 68.6. The van der Waals surface area contributed by atoms with Crippen molar-refractivity contribution in [3.05, 3.63) is 47.8 Å². The minimum absolute atomic E-state index is 0.0648. The maximum atomic E-state index is 14.5. The number of hydrogen-bond donors (Lipinski definition) is 0. The van der Waals surface area contributed by atoms with Crippen molar-refractivity contribution in [1.82, 2.24) is 9.78 Å². The molecular weight excluding hydrogens is 363 g/mol. The van der Waals surface area contributed by atoms with E-state index < -0.39 is 42.0 Å². The summed E-state index contributed by atoms with van der Waals surface area (Å²) in [6.45, 7) is 7.91. The summed E-state index contributed by atoms with van der Waals surface area (Å²) in [6.07, 6.45) is 1.16. The summed E-state index contributed by atoms with van der Waals surface area (Å²) >= 11 is 0. The van der Waals surface area contributed by atoms with Crippen LogP contribution in [0.4, 0.5) is 17.6 Å². The maximum absolute atomic E-state index is 14.5. The van der Waals surface area contributed by atoms with Crippen molar-refractivity contribution in [3.63, 3.8) is 0 Å². The molecule has 9 heteroatoms. The second kappa shape index (κ2) is 6.34. The van der Waals surface area contributed by atoms with E-state index in [0.717, 1.165) is 23.0 Å². The molecule has 0 spiro atoms. The van der Waals surface area contributed by atoms with E-state index in [1.807, 2.05) is 0 Å². The predicted molar refractivity (Wildman–Crippen MR) is 93.1 cm³/mol. The van der Waals surface area contributed by atoms with Gasteiger partial charge in [0.25, 0.3) is 5.92 Å². The van der Waals surface area contributed by atoms with Crippen LogP contribution in [0.2, 0.25) is 0 Å². The minimum Gasteiger partial charge on any atom is -0.399 e. The fraction of sp³-hybridized carbons (Fsp3) is 0.500. The maximum Gasteiger partial charge on any atom is 0.501 e. The Balaban J connectivity index is 2.00. The van der Waals surface area contributed by atoms with Gasteiger partial charge in [0.15, 0.2) is 0 Å². The standard InChI is InChI=1S/C18H21BF4N2O2/c1-16(2)17(3,4)27-19(26-16)13-10-25(24-15(13)21)14(18(5,22)23)11-6-8-12(20)9-7-11/h6-10,14H,1-5H3. The Bertz CT molecular complexity index is 815. The Morgan fingerprint density at radius 3 is 2.04 bits per heavy atom. The highest BCUT2D eigenvalue weighted by Crippen LogP contribution is 2.37. The molecule has 1 aliphatic rings. The van der Waals surface area contributed by atoms with Gasteiger partial charge >= 0.3 is 7.12 Å². The molecule has 0 bridgehead atoms. The van der Waals surface area contributed by atoms with Crippen LogP contribution in [0.1, 0.15) is 46.2 Å². The fourth-order valence-corrected chi connectivity index (χ4v) is 2.97. The van der Waals surface area contributed by atoms with E-state index in [0.29, 0.717) is 6.92 Å². The van der Waals surface area contributed by atoms with Crippen molar-refractivity contribution in [2.24, 2.45) is 0 Å². The van der Waals surface area contributed by atoms with Crippen LogP contribution in [0.15, 0.2) is 30.5 Å². The van der Waals surface area contributed by atoms with Gasteiger partial charge < -0.3 is 9.31 Å². The molecule has 0 aliphatic carbocycles. The van der Waals surface area contributed by atoms with Gasteiger partial charge in [0.1, 0.15) is 11.9 Å². The lowest BCUT2D eigenvalue weighted by atomic mass is 9.81. The second-order valence-electron chi connectivity index (χ2n) is 7.85. The lowest BCUT2D eigenvalue weighted by Crippen LogP contribution is -2.41. The molecule has 0 N–H and O–H groups in total. The molecule has 1 atom stereocenters. The largest absolute Gasteiger partial charge is 0.501 e. The molecule has 0 amide bonds. The van der Waals surface area contributed by atoms with E-state index in [1.165, 1.54) is 12.1 Å². The van der Waals surface area contributed by atoms with Crippen molar-refractivity contribution in [1.29, 1.82) is 0 Å². The molecule has 3 rings (SSSR count). The van der Waals surface area contributed by atoms with Gasteiger partial charge in [0, 0.05) is 13.1 Å². The molecular formula is C18H21BF4N2O2. The van der Waals surface area contributed by atoms with E-state index in [1.54, 1.807) is 27.7 Å². The molecule has 0 radical (unpaired) electrons. The number of benzene rings is 1. The fourth-order valence-electron chi connectivity index (χ4n) is 2.97. The van der Waals surface area contributed by atoms with Crippen LogP contribution in [-0.2, 0) is 9.31 Å². The number of halogens is 4. The van der Waals surface area contributed by atoms with Gasteiger partial charge in [-0.2, -0.15) is 4.39 Å². The predicted octanol–water partition coefficient (Wildman–Crippen LogP) is 3.71. The van der Waals surface area contributed by atoms with E-state index >= 15 is 0 Å². The summed E-state index contributed by atoms with van der Waals surface area (Å²) in [7, 11) is -1.07. The van der Waals surface area contributed by atoms with Gasteiger partial charge in [-0.3, -0.25) is 4.68 Å². The Labute approximate surface area is 155 Å². The molecule has 1 unspecified atom stereocenters. The Hall–Kier alpha value is -1.87. The first kappa shape index (κ1) is 19.9. The van der Waals surface area contributed by atoms with Gasteiger partial charge in [-0.05, 0) is 45.4 Å². The van der Waals surface area contributed by atoms with E-state index in [-0.39, 0.29) is 11.0 Å². The number of hydrogen-bond acceptors (Lipinski definition) is 3. The number of alkyl halides is 2. The van der Waals surface area contributed by atoms with E-state index in [9.17, 15) is 17.6 Å². The molecule has 146 valence electrons. The van der Waals surface area contributed by atoms with E-state index in [2.05, 4.69) is 5.10 Å². The summed E-state index contributed by atoms with van der Waals surface area (Å²) in [5.74, 6) is -4.78. The summed E-state index contributed by atoms with van der Waals surface area (Å²) in [4.78, 5) is 0. The normalized spacial score (nSPS) is 20.1. The highest BCUT2D eigenvalue weighted by Gasteiger charge is 2.53.